The minimum Gasteiger partial charge on any atom is -0.493 e. The van der Waals surface area contributed by atoms with Crippen LogP contribution in [0.3, 0.4) is 0 Å². The predicted molar refractivity (Wildman–Crippen MR) is 116 cm³/mol. The standard InChI is InChI=1S/C21H27NO6S2/c1-15-4-7-17(8-5-15)30(25,26)21-14-29(23,24)13-18(21)22-11-10-16-6-9-19(27-2)20(12-16)28-3/h4-9,12,18,21-22H,10-11,13-14H2,1-3H3/t18-,21-/m0/s1. The largest absolute Gasteiger partial charge is 0.493 e. The van der Waals surface area contributed by atoms with Gasteiger partial charge in [0.05, 0.1) is 35.9 Å². The van der Waals surface area contributed by atoms with E-state index in [-0.39, 0.29) is 16.4 Å². The van der Waals surface area contributed by atoms with Crippen molar-refractivity contribution >= 4 is 19.7 Å². The lowest BCUT2D eigenvalue weighted by Crippen LogP contribution is -2.44. The Hall–Kier alpha value is -2.10. The molecular formula is C21H27NO6S2. The molecule has 0 amide bonds. The van der Waals surface area contributed by atoms with Gasteiger partial charge in [0.1, 0.15) is 0 Å². The van der Waals surface area contributed by atoms with Crippen molar-refractivity contribution in [3.8, 4) is 11.5 Å². The van der Waals surface area contributed by atoms with Crippen LogP contribution in [-0.4, -0.2) is 60.4 Å². The molecule has 1 fully saturated rings. The quantitative estimate of drug-likeness (QED) is 0.650. The zero-order chi connectivity index (χ0) is 21.9. The molecule has 0 spiro atoms. The number of rotatable bonds is 8. The summed E-state index contributed by atoms with van der Waals surface area (Å²) in [5, 5.41) is 2.15. The van der Waals surface area contributed by atoms with E-state index in [9.17, 15) is 16.8 Å². The molecule has 0 aromatic heterocycles. The number of aryl methyl sites for hydroxylation is 1. The molecule has 164 valence electrons. The van der Waals surface area contributed by atoms with E-state index >= 15 is 0 Å². The molecule has 2 atom stereocenters. The Kier molecular flexibility index (Phi) is 6.74. The highest BCUT2D eigenvalue weighted by atomic mass is 32.2. The topological polar surface area (TPSA) is 98.8 Å². The van der Waals surface area contributed by atoms with Gasteiger partial charge in [0.25, 0.3) is 0 Å². The van der Waals surface area contributed by atoms with Crippen molar-refractivity contribution < 1.29 is 26.3 Å². The van der Waals surface area contributed by atoms with E-state index in [0.717, 1.165) is 11.1 Å². The van der Waals surface area contributed by atoms with Gasteiger partial charge in [-0.15, -0.1) is 0 Å². The van der Waals surface area contributed by atoms with Crippen LogP contribution in [0.5, 0.6) is 11.5 Å². The molecule has 1 aliphatic rings. The molecule has 7 nitrogen and oxygen atoms in total. The first kappa shape index (κ1) is 22.6. The van der Waals surface area contributed by atoms with E-state index in [0.29, 0.717) is 24.5 Å². The van der Waals surface area contributed by atoms with Crippen molar-refractivity contribution in [2.24, 2.45) is 0 Å². The van der Waals surface area contributed by atoms with Gasteiger partial charge in [0.2, 0.25) is 0 Å². The number of methoxy groups -OCH3 is 2. The van der Waals surface area contributed by atoms with Crippen LogP contribution in [0.4, 0.5) is 0 Å². The molecule has 9 heteroatoms. The monoisotopic (exact) mass is 453 g/mol. The lowest BCUT2D eigenvalue weighted by Gasteiger charge is -2.20. The van der Waals surface area contributed by atoms with Crippen LogP contribution >= 0.6 is 0 Å². The highest BCUT2D eigenvalue weighted by molar-refractivity contribution is 7.96. The SMILES string of the molecule is COc1ccc(CCN[C@H]2CS(=O)(=O)C[C@@H]2S(=O)(=O)c2ccc(C)cc2)cc1OC. The number of ether oxygens (including phenoxy) is 2. The van der Waals surface area contributed by atoms with Gasteiger partial charge in [-0.25, -0.2) is 16.8 Å². The minimum atomic E-state index is -3.77. The summed E-state index contributed by atoms with van der Waals surface area (Å²) in [7, 11) is -4.08. The molecule has 0 aliphatic carbocycles. The second-order valence-electron chi connectivity index (χ2n) is 7.47. The van der Waals surface area contributed by atoms with Gasteiger partial charge in [-0.3, -0.25) is 0 Å². The van der Waals surface area contributed by atoms with E-state index in [4.69, 9.17) is 9.47 Å². The first-order valence-electron chi connectivity index (χ1n) is 9.61. The molecule has 2 aromatic rings. The molecule has 0 radical (unpaired) electrons. The minimum absolute atomic E-state index is 0.155. The second kappa shape index (κ2) is 8.95. The van der Waals surface area contributed by atoms with E-state index in [1.54, 1.807) is 32.4 Å². The Labute approximate surface area is 178 Å². The average Bonchev–Trinajstić information content (AvgIpc) is 3.03. The molecule has 0 saturated carbocycles. The Morgan fingerprint density at radius 2 is 1.67 bits per heavy atom. The number of benzene rings is 2. The smallest absolute Gasteiger partial charge is 0.183 e. The van der Waals surface area contributed by atoms with Crippen molar-refractivity contribution in [3.63, 3.8) is 0 Å². The Morgan fingerprint density at radius 1 is 1.00 bits per heavy atom. The van der Waals surface area contributed by atoms with Gasteiger partial charge in [-0.1, -0.05) is 23.8 Å². The zero-order valence-electron chi connectivity index (χ0n) is 17.3. The van der Waals surface area contributed by atoms with E-state index in [1.807, 2.05) is 19.1 Å². The Balaban J connectivity index is 1.73. The van der Waals surface area contributed by atoms with Crippen LogP contribution in [0.15, 0.2) is 47.4 Å². The van der Waals surface area contributed by atoms with Crippen molar-refractivity contribution in [2.45, 2.75) is 29.5 Å². The lowest BCUT2D eigenvalue weighted by molar-refractivity contribution is 0.354. The summed E-state index contributed by atoms with van der Waals surface area (Å²) in [6.07, 6.45) is 0.591. The summed E-state index contributed by atoms with van der Waals surface area (Å²) in [5.41, 5.74) is 1.91. The molecule has 1 heterocycles. The highest BCUT2D eigenvalue weighted by Crippen LogP contribution is 2.28. The van der Waals surface area contributed by atoms with Gasteiger partial charge >= 0.3 is 0 Å². The molecular weight excluding hydrogens is 426 g/mol. The van der Waals surface area contributed by atoms with Crippen LogP contribution in [0.1, 0.15) is 11.1 Å². The molecule has 0 unspecified atom stereocenters. The number of hydrogen-bond donors (Lipinski definition) is 1. The van der Waals surface area contributed by atoms with Crippen molar-refractivity contribution in [1.82, 2.24) is 5.32 Å². The second-order valence-corrected chi connectivity index (χ2v) is 11.8. The molecule has 30 heavy (non-hydrogen) atoms. The lowest BCUT2D eigenvalue weighted by atomic mass is 10.1. The highest BCUT2D eigenvalue weighted by Gasteiger charge is 2.45. The number of sulfone groups is 2. The maximum absolute atomic E-state index is 13.1. The molecule has 1 saturated heterocycles. The maximum Gasteiger partial charge on any atom is 0.183 e. The summed E-state index contributed by atoms with van der Waals surface area (Å²) in [4.78, 5) is 0.155. The molecule has 0 bridgehead atoms. The van der Waals surface area contributed by atoms with Crippen LogP contribution in [0, 0.1) is 6.92 Å². The average molecular weight is 454 g/mol. The van der Waals surface area contributed by atoms with Gasteiger partial charge in [0.15, 0.2) is 31.2 Å². The van der Waals surface area contributed by atoms with Gasteiger partial charge in [-0.05, 0) is 49.7 Å². The van der Waals surface area contributed by atoms with Gasteiger partial charge in [-0.2, -0.15) is 0 Å². The van der Waals surface area contributed by atoms with Crippen molar-refractivity contribution in [1.29, 1.82) is 0 Å². The fourth-order valence-electron chi connectivity index (χ4n) is 3.65. The third-order valence-electron chi connectivity index (χ3n) is 5.32. The Morgan fingerprint density at radius 3 is 2.30 bits per heavy atom. The van der Waals surface area contributed by atoms with E-state index in [2.05, 4.69) is 5.32 Å². The summed E-state index contributed by atoms with van der Waals surface area (Å²) in [5.74, 6) is 0.685. The van der Waals surface area contributed by atoms with Gasteiger partial charge in [0, 0.05) is 6.04 Å². The third-order valence-corrected chi connectivity index (χ3v) is 9.48. The van der Waals surface area contributed by atoms with Gasteiger partial charge < -0.3 is 14.8 Å². The molecule has 1 aliphatic heterocycles. The van der Waals surface area contributed by atoms with Crippen LogP contribution in [-0.2, 0) is 26.1 Å². The third kappa shape index (κ3) is 4.96. The van der Waals surface area contributed by atoms with Crippen LogP contribution in [0.25, 0.3) is 0 Å². The van der Waals surface area contributed by atoms with Crippen LogP contribution < -0.4 is 14.8 Å². The Bertz CT molecular complexity index is 1090. The first-order chi connectivity index (χ1) is 14.2. The summed E-state index contributed by atoms with van der Waals surface area (Å²) in [6.45, 7) is 2.31. The van der Waals surface area contributed by atoms with E-state index in [1.165, 1.54) is 12.1 Å². The fraction of sp³-hybridized carbons (Fsp3) is 0.429. The fourth-order valence-corrected chi connectivity index (χ4v) is 8.37. The molecule has 2 aromatic carbocycles. The zero-order valence-corrected chi connectivity index (χ0v) is 18.9. The summed E-state index contributed by atoms with van der Waals surface area (Å²) in [6, 6.07) is 11.4. The summed E-state index contributed by atoms with van der Waals surface area (Å²) >= 11 is 0. The summed E-state index contributed by atoms with van der Waals surface area (Å²) < 4.78 is 61.2. The predicted octanol–water partition coefficient (Wildman–Crippen LogP) is 1.78. The van der Waals surface area contributed by atoms with Crippen LogP contribution in [0.2, 0.25) is 0 Å². The first-order valence-corrected chi connectivity index (χ1v) is 13.0. The molecule has 3 rings (SSSR count). The maximum atomic E-state index is 13.1. The van der Waals surface area contributed by atoms with Crippen molar-refractivity contribution in [2.75, 3.05) is 32.3 Å². The van der Waals surface area contributed by atoms with Crippen molar-refractivity contribution in [3.05, 3.63) is 53.6 Å². The number of nitrogens with one attached hydrogen (secondary N) is 1. The number of hydrogen-bond acceptors (Lipinski definition) is 7. The molecule has 1 N–H and O–H groups in total. The van der Waals surface area contributed by atoms with E-state index < -0.39 is 31.0 Å². The normalized spacial score (nSPS) is 20.8.